The molecule has 1 aliphatic rings. The van der Waals surface area contributed by atoms with Crippen LogP contribution in [0.25, 0.3) is 0 Å². The summed E-state index contributed by atoms with van der Waals surface area (Å²) < 4.78 is 0. The van der Waals surface area contributed by atoms with Crippen LogP contribution in [0.3, 0.4) is 0 Å². The van der Waals surface area contributed by atoms with Gasteiger partial charge in [-0.15, -0.1) is 0 Å². The van der Waals surface area contributed by atoms with Gasteiger partial charge in [0.25, 0.3) is 0 Å². The highest BCUT2D eigenvalue weighted by Gasteiger charge is 2.43. The summed E-state index contributed by atoms with van der Waals surface area (Å²) in [7, 11) is 0. The zero-order valence-electron chi connectivity index (χ0n) is 10.9. The van der Waals surface area contributed by atoms with Crippen LogP contribution in [0.4, 0.5) is 0 Å². The molecule has 19 heavy (non-hydrogen) atoms. The number of hydrogen-bond donors (Lipinski definition) is 2. The summed E-state index contributed by atoms with van der Waals surface area (Å²) in [4.78, 5) is 10.9. The summed E-state index contributed by atoms with van der Waals surface area (Å²) in [5, 5.41) is 4.35. The first kappa shape index (κ1) is 14.6. The van der Waals surface area contributed by atoms with Crippen LogP contribution in [0, 0.1) is 0 Å². The van der Waals surface area contributed by atoms with E-state index in [2.05, 4.69) is 12.2 Å². The lowest BCUT2D eigenvalue weighted by Gasteiger charge is -2.47. The van der Waals surface area contributed by atoms with Gasteiger partial charge >= 0.3 is 0 Å². The van der Waals surface area contributed by atoms with E-state index in [1.54, 1.807) is 0 Å². The van der Waals surface area contributed by atoms with E-state index in [1.807, 2.05) is 18.2 Å². The van der Waals surface area contributed by atoms with E-state index in [0.29, 0.717) is 10.0 Å². The average Bonchev–Trinajstić information content (AvgIpc) is 2.29. The molecule has 0 bridgehead atoms. The van der Waals surface area contributed by atoms with Crippen molar-refractivity contribution < 1.29 is 4.79 Å². The van der Waals surface area contributed by atoms with Gasteiger partial charge in [0.15, 0.2) is 0 Å². The Labute approximate surface area is 123 Å². The van der Waals surface area contributed by atoms with Gasteiger partial charge in [-0.25, -0.2) is 0 Å². The molecule has 1 amide bonds. The fourth-order valence-electron chi connectivity index (χ4n) is 2.78. The van der Waals surface area contributed by atoms with Crippen LogP contribution in [0.15, 0.2) is 18.2 Å². The number of amides is 1. The molecule has 0 heterocycles. The van der Waals surface area contributed by atoms with Crippen LogP contribution >= 0.6 is 23.2 Å². The monoisotopic (exact) mass is 300 g/mol. The number of benzene rings is 1. The first-order valence-corrected chi connectivity index (χ1v) is 7.18. The van der Waals surface area contributed by atoms with Crippen molar-refractivity contribution in [2.45, 2.75) is 37.6 Å². The molecule has 0 radical (unpaired) electrons. The van der Waals surface area contributed by atoms with E-state index in [4.69, 9.17) is 28.9 Å². The number of carbonyl (C=O) groups excluding carboxylic acids is 1. The third kappa shape index (κ3) is 2.88. The summed E-state index contributed by atoms with van der Waals surface area (Å²) in [6.07, 6.45) is 3.35. The summed E-state index contributed by atoms with van der Waals surface area (Å²) >= 11 is 12.1. The van der Waals surface area contributed by atoms with E-state index in [0.717, 1.165) is 12.8 Å². The fourth-order valence-corrected chi connectivity index (χ4v) is 3.08. The second-order valence-electron chi connectivity index (χ2n) is 5.21. The topological polar surface area (TPSA) is 55.1 Å². The Morgan fingerprint density at radius 2 is 2.11 bits per heavy atom. The zero-order chi connectivity index (χ0) is 14.0. The minimum absolute atomic E-state index is 0.0314. The van der Waals surface area contributed by atoms with Crippen LogP contribution in [0.5, 0.6) is 0 Å². The number of hydrogen-bond acceptors (Lipinski definition) is 2. The predicted octanol–water partition coefficient (Wildman–Crippen LogP) is 2.88. The smallest absolute Gasteiger partial charge is 0.231 e. The Morgan fingerprint density at radius 3 is 2.58 bits per heavy atom. The lowest BCUT2D eigenvalue weighted by Crippen LogP contribution is -2.52. The second-order valence-corrected chi connectivity index (χ2v) is 6.02. The van der Waals surface area contributed by atoms with Gasteiger partial charge in [0.05, 0.1) is 16.6 Å². The Morgan fingerprint density at radius 1 is 1.42 bits per heavy atom. The van der Waals surface area contributed by atoms with Gasteiger partial charge in [-0.05, 0) is 37.5 Å². The summed E-state index contributed by atoms with van der Waals surface area (Å²) in [5.41, 5.74) is 6.40. The van der Waals surface area contributed by atoms with Crippen molar-refractivity contribution in [2.75, 3.05) is 6.54 Å². The molecule has 1 unspecified atom stereocenters. The molecule has 1 aromatic carbocycles. The van der Waals surface area contributed by atoms with Gasteiger partial charge in [-0.1, -0.05) is 35.7 Å². The quantitative estimate of drug-likeness (QED) is 0.878. The molecule has 0 saturated heterocycles. The van der Waals surface area contributed by atoms with E-state index >= 15 is 0 Å². The molecule has 104 valence electrons. The maximum atomic E-state index is 10.9. The molecule has 2 rings (SSSR count). The molecule has 3 N–H and O–H groups in total. The highest BCUT2D eigenvalue weighted by molar-refractivity contribution is 6.42. The van der Waals surface area contributed by atoms with Crippen LogP contribution in [0.1, 0.15) is 31.7 Å². The van der Waals surface area contributed by atoms with Crippen LogP contribution in [-0.2, 0) is 10.2 Å². The number of nitrogens with two attached hydrogens (primary N) is 1. The Hall–Kier alpha value is -0.770. The third-order valence-electron chi connectivity index (χ3n) is 4.15. The maximum absolute atomic E-state index is 10.9. The van der Waals surface area contributed by atoms with Gasteiger partial charge in [-0.3, -0.25) is 4.79 Å². The lowest BCUT2D eigenvalue weighted by atomic mass is 9.60. The molecule has 0 spiro atoms. The molecule has 1 atom stereocenters. The molecular formula is C14H18Cl2N2O. The van der Waals surface area contributed by atoms with Crippen molar-refractivity contribution in [3.8, 4) is 0 Å². The van der Waals surface area contributed by atoms with Crippen molar-refractivity contribution >= 4 is 29.1 Å². The Balaban J connectivity index is 2.21. The number of primary amides is 1. The van der Waals surface area contributed by atoms with Crippen molar-refractivity contribution in [3.05, 3.63) is 33.8 Å². The minimum atomic E-state index is -0.338. The van der Waals surface area contributed by atoms with Crippen molar-refractivity contribution in [1.29, 1.82) is 0 Å². The van der Waals surface area contributed by atoms with E-state index in [9.17, 15) is 4.79 Å². The molecular weight excluding hydrogens is 283 g/mol. The second kappa shape index (κ2) is 5.70. The van der Waals surface area contributed by atoms with Crippen LogP contribution < -0.4 is 11.1 Å². The number of halogens is 2. The van der Waals surface area contributed by atoms with Crippen molar-refractivity contribution in [3.63, 3.8) is 0 Å². The zero-order valence-corrected chi connectivity index (χ0v) is 12.4. The van der Waals surface area contributed by atoms with Crippen molar-refractivity contribution in [2.24, 2.45) is 5.73 Å². The first-order valence-electron chi connectivity index (χ1n) is 6.43. The number of carbonyl (C=O) groups is 1. The minimum Gasteiger partial charge on any atom is -0.369 e. The van der Waals surface area contributed by atoms with Crippen LogP contribution in [0.2, 0.25) is 10.0 Å². The Kier molecular flexibility index (Phi) is 4.39. The molecule has 1 fully saturated rings. The molecule has 5 heteroatoms. The summed E-state index contributed by atoms with van der Waals surface area (Å²) in [5.74, 6) is -0.338. The average molecular weight is 301 g/mol. The first-order chi connectivity index (χ1) is 8.95. The molecule has 1 aliphatic carbocycles. The normalized spacial score (nSPS) is 18.7. The molecule has 1 aromatic rings. The fraction of sp³-hybridized carbons (Fsp3) is 0.500. The standard InChI is InChI=1S/C14H18Cl2N2O/c1-9(18-8-13(17)19)14(5-2-6-14)10-3-4-11(15)12(16)7-10/h3-4,7,9,18H,2,5-6,8H2,1H3,(H2,17,19). The predicted molar refractivity (Wildman–Crippen MR) is 78.7 cm³/mol. The molecule has 1 saturated carbocycles. The lowest BCUT2D eigenvalue weighted by molar-refractivity contribution is -0.117. The highest BCUT2D eigenvalue weighted by Crippen LogP contribution is 2.47. The van der Waals surface area contributed by atoms with E-state index < -0.39 is 0 Å². The van der Waals surface area contributed by atoms with Gasteiger partial charge in [0.1, 0.15) is 0 Å². The van der Waals surface area contributed by atoms with Gasteiger partial charge < -0.3 is 11.1 Å². The summed E-state index contributed by atoms with van der Waals surface area (Å²) in [6, 6.07) is 5.97. The van der Waals surface area contributed by atoms with Gasteiger partial charge in [0.2, 0.25) is 5.91 Å². The van der Waals surface area contributed by atoms with Crippen LogP contribution in [-0.4, -0.2) is 18.5 Å². The SMILES string of the molecule is CC(NCC(N)=O)C1(c2ccc(Cl)c(Cl)c2)CCC1. The third-order valence-corrected chi connectivity index (χ3v) is 4.89. The van der Waals surface area contributed by atoms with Gasteiger partial charge in [-0.2, -0.15) is 0 Å². The highest BCUT2D eigenvalue weighted by atomic mass is 35.5. The Bertz CT molecular complexity index is 486. The van der Waals surface area contributed by atoms with Crippen molar-refractivity contribution in [1.82, 2.24) is 5.32 Å². The largest absolute Gasteiger partial charge is 0.369 e. The van der Waals surface area contributed by atoms with E-state index in [-0.39, 0.29) is 23.9 Å². The van der Waals surface area contributed by atoms with Gasteiger partial charge in [0, 0.05) is 11.5 Å². The number of nitrogens with one attached hydrogen (secondary N) is 1. The molecule has 0 aliphatic heterocycles. The molecule has 0 aromatic heterocycles. The summed E-state index contributed by atoms with van der Waals surface area (Å²) in [6.45, 7) is 2.29. The molecule has 3 nitrogen and oxygen atoms in total. The number of rotatable bonds is 5. The maximum Gasteiger partial charge on any atom is 0.231 e. The van der Waals surface area contributed by atoms with E-state index in [1.165, 1.54) is 12.0 Å².